The van der Waals surface area contributed by atoms with Gasteiger partial charge in [0.1, 0.15) is 5.69 Å². The van der Waals surface area contributed by atoms with Crippen LogP contribution in [0.1, 0.15) is 21.6 Å². The maximum absolute atomic E-state index is 11.8. The second-order valence-corrected chi connectivity index (χ2v) is 4.84. The van der Waals surface area contributed by atoms with Crippen LogP contribution in [0.2, 0.25) is 0 Å². The lowest BCUT2D eigenvalue weighted by Crippen LogP contribution is -2.08. The van der Waals surface area contributed by atoms with Crippen LogP contribution < -0.4 is 0 Å². The molecule has 18 heavy (non-hydrogen) atoms. The minimum Gasteiger partial charge on any atom is -0.464 e. The van der Waals surface area contributed by atoms with Crippen LogP contribution >= 0.6 is 15.9 Å². The number of aryl methyl sites for hydroxylation is 2. The minimum atomic E-state index is -0.378. The number of ether oxygens (including phenoxy) is 1. The van der Waals surface area contributed by atoms with Gasteiger partial charge in [-0.15, -0.1) is 0 Å². The van der Waals surface area contributed by atoms with Crippen molar-refractivity contribution < 1.29 is 9.53 Å². The minimum absolute atomic E-state index is 0.378. The molecule has 0 atom stereocenters. The van der Waals surface area contributed by atoms with Crippen LogP contribution in [-0.2, 0) is 11.8 Å². The molecular formula is C13H11BrN2O2. The molecule has 5 heteroatoms. The highest BCUT2D eigenvalue weighted by Crippen LogP contribution is 2.32. The Bertz CT molecular complexity index is 695. The summed E-state index contributed by atoms with van der Waals surface area (Å²) < 4.78 is 7.35. The van der Waals surface area contributed by atoms with E-state index in [9.17, 15) is 4.79 Å². The molecule has 1 aromatic carbocycles. The van der Waals surface area contributed by atoms with Gasteiger partial charge in [-0.2, -0.15) is 5.26 Å². The monoisotopic (exact) mass is 306 g/mol. The van der Waals surface area contributed by atoms with Gasteiger partial charge in [-0.25, -0.2) is 4.79 Å². The van der Waals surface area contributed by atoms with Crippen LogP contribution in [0.3, 0.4) is 0 Å². The predicted molar refractivity (Wildman–Crippen MR) is 71.4 cm³/mol. The van der Waals surface area contributed by atoms with Gasteiger partial charge in [0.15, 0.2) is 0 Å². The Morgan fingerprint density at radius 2 is 2.17 bits per heavy atom. The molecular weight excluding hydrogens is 296 g/mol. The largest absolute Gasteiger partial charge is 0.464 e. The van der Waals surface area contributed by atoms with E-state index in [0.29, 0.717) is 11.3 Å². The number of methoxy groups -OCH3 is 1. The highest BCUT2D eigenvalue weighted by Gasteiger charge is 2.20. The summed E-state index contributed by atoms with van der Waals surface area (Å²) in [4.78, 5) is 11.8. The number of aromatic nitrogens is 1. The van der Waals surface area contributed by atoms with Crippen molar-refractivity contribution >= 4 is 32.8 Å². The Labute approximate surface area is 113 Å². The zero-order valence-corrected chi connectivity index (χ0v) is 11.8. The van der Waals surface area contributed by atoms with Crippen molar-refractivity contribution in [2.24, 2.45) is 7.05 Å². The molecule has 0 aliphatic rings. The third-order valence-corrected chi connectivity index (χ3v) is 3.61. The number of esters is 1. The highest BCUT2D eigenvalue weighted by molar-refractivity contribution is 9.10. The van der Waals surface area contributed by atoms with Crippen molar-refractivity contribution in [1.82, 2.24) is 4.57 Å². The molecule has 0 spiro atoms. The number of nitriles is 1. The van der Waals surface area contributed by atoms with E-state index in [4.69, 9.17) is 10.00 Å². The Kier molecular flexibility index (Phi) is 3.14. The lowest BCUT2D eigenvalue weighted by Gasteiger charge is -2.03. The molecule has 0 unspecified atom stereocenters. The number of rotatable bonds is 1. The summed E-state index contributed by atoms with van der Waals surface area (Å²) in [5.74, 6) is -0.378. The van der Waals surface area contributed by atoms with Crippen molar-refractivity contribution in [1.29, 1.82) is 5.26 Å². The van der Waals surface area contributed by atoms with Gasteiger partial charge in [-0.1, -0.05) is 0 Å². The third kappa shape index (κ3) is 1.70. The first-order chi connectivity index (χ1) is 8.51. The van der Waals surface area contributed by atoms with E-state index >= 15 is 0 Å². The first-order valence-electron chi connectivity index (χ1n) is 5.28. The Hall–Kier alpha value is -1.80. The van der Waals surface area contributed by atoms with Gasteiger partial charge in [0.05, 0.1) is 24.3 Å². The first kappa shape index (κ1) is 12.7. The first-order valence-corrected chi connectivity index (χ1v) is 6.07. The Balaban J connectivity index is 2.91. The van der Waals surface area contributed by atoms with Crippen molar-refractivity contribution in [3.05, 3.63) is 33.4 Å². The van der Waals surface area contributed by atoms with E-state index in [1.165, 1.54) is 7.11 Å². The summed E-state index contributed by atoms with van der Waals surface area (Å²) >= 11 is 3.43. The van der Waals surface area contributed by atoms with Crippen molar-refractivity contribution in [3.63, 3.8) is 0 Å². The van der Waals surface area contributed by atoms with E-state index in [0.717, 1.165) is 20.9 Å². The van der Waals surface area contributed by atoms with Gasteiger partial charge in [0.2, 0.25) is 0 Å². The summed E-state index contributed by atoms with van der Waals surface area (Å²) in [5.41, 5.74) is 2.76. The molecule has 92 valence electrons. The number of nitrogens with zero attached hydrogens (tertiary/aromatic N) is 2. The van der Waals surface area contributed by atoms with Crippen molar-refractivity contribution in [2.75, 3.05) is 7.11 Å². The van der Waals surface area contributed by atoms with Gasteiger partial charge in [-0.05, 0) is 40.5 Å². The molecule has 0 saturated heterocycles. The average Bonchev–Trinajstić information content (AvgIpc) is 2.61. The van der Waals surface area contributed by atoms with E-state index in [2.05, 4.69) is 22.0 Å². The van der Waals surface area contributed by atoms with Crippen molar-refractivity contribution in [3.8, 4) is 6.07 Å². The van der Waals surface area contributed by atoms with Gasteiger partial charge < -0.3 is 9.30 Å². The van der Waals surface area contributed by atoms with Gasteiger partial charge in [-0.3, -0.25) is 0 Å². The lowest BCUT2D eigenvalue weighted by molar-refractivity contribution is 0.0589. The second-order valence-electron chi connectivity index (χ2n) is 3.99. The van der Waals surface area contributed by atoms with Gasteiger partial charge in [0.25, 0.3) is 0 Å². The fraction of sp³-hybridized carbons (Fsp3) is 0.231. The molecule has 4 nitrogen and oxygen atoms in total. The predicted octanol–water partition coefficient (Wildman–Crippen LogP) is 2.91. The third-order valence-electron chi connectivity index (χ3n) is 3.00. The lowest BCUT2D eigenvalue weighted by atomic mass is 10.1. The number of halogens is 1. The zero-order chi connectivity index (χ0) is 13.4. The van der Waals surface area contributed by atoms with E-state index in [1.807, 2.05) is 6.92 Å². The molecule has 0 saturated carbocycles. The topological polar surface area (TPSA) is 55.0 Å². The van der Waals surface area contributed by atoms with E-state index in [1.54, 1.807) is 23.7 Å². The fourth-order valence-electron chi connectivity index (χ4n) is 2.17. The summed E-state index contributed by atoms with van der Waals surface area (Å²) in [6, 6.07) is 5.62. The zero-order valence-electron chi connectivity index (χ0n) is 10.2. The average molecular weight is 307 g/mol. The number of hydrogen-bond donors (Lipinski definition) is 0. The number of fused-ring (bicyclic) bond motifs is 1. The number of hydrogen-bond acceptors (Lipinski definition) is 3. The standard InChI is InChI=1S/C13H11BrN2O2/c1-7-9-4-8(6-15)5-10(14)12(9)16(2)11(7)13(17)18-3/h4-5H,1-3H3. The number of carbonyl (C=O) groups excluding carboxylic acids is 1. The Morgan fingerprint density at radius 3 is 2.72 bits per heavy atom. The molecule has 0 radical (unpaired) electrons. The SMILES string of the molecule is COC(=O)c1c(C)c2cc(C#N)cc(Br)c2n1C. The second kappa shape index (κ2) is 4.46. The number of benzene rings is 1. The molecule has 1 aromatic heterocycles. The normalized spacial score (nSPS) is 10.4. The quantitative estimate of drug-likeness (QED) is 0.761. The summed E-state index contributed by atoms with van der Waals surface area (Å²) in [6.07, 6.45) is 0. The molecule has 0 aliphatic heterocycles. The van der Waals surface area contributed by atoms with E-state index in [-0.39, 0.29) is 5.97 Å². The molecule has 0 amide bonds. The molecule has 1 heterocycles. The number of carbonyl (C=O) groups is 1. The van der Waals surface area contributed by atoms with Gasteiger partial charge in [0, 0.05) is 16.9 Å². The van der Waals surface area contributed by atoms with Crippen LogP contribution in [0.25, 0.3) is 10.9 Å². The smallest absolute Gasteiger partial charge is 0.354 e. The summed E-state index contributed by atoms with van der Waals surface area (Å²) in [7, 11) is 3.16. The maximum atomic E-state index is 11.8. The van der Waals surface area contributed by atoms with E-state index < -0.39 is 0 Å². The van der Waals surface area contributed by atoms with Crippen LogP contribution in [0.4, 0.5) is 0 Å². The summed E-state index contributed by atoms with van der Waals surface area (Å²) in [5, 5.41) is 9.85. The van der Waals surface area contributed by atoms with Crippen LogP contribution in [-0.4, -0.2) is 17.6 Å². The molecule has 0 fully saturated rings. The van der Waals surface area contributed by atoms with Crippen LogP contribution in [0, 0.1) is 18.3 Å². The molecule has 2 aromatic rings. The van der Waals surface area contributed by atoms with Crippen molar-refractivity contribution in [2.45, 2.75) is 6.92 Å². The highest BCUT2D eigenvalue weighted by atomic mass is 79.9. The van der Waals surface area contributed by atoms with Crippen LogP contribution in [0.15, 0.2) is 16.6 Å². The summed E-state index contributed by atoms with van der Waals surface area (Å²) in [6.45, 7) is 1.85. The molecule has 0 aliphatic carbocycles. The Morgan fingerprint density at radius 1 is 1.50 bits per heavy atom. The van der Waals surface area contributed by atoms with Crippen LogP contribution in [0.5, 0.6) is 0 Å². The molecule has 0 N–H and O–H groups in total. The molecule has 0 bridgehead atoms. The molecule has 2 rings (SSSR count). The van der Waals surface area contributed by atoms with Gasteiger partial charge >= 0.3 is 5.97 Å². The fourth-order valence-corrected chi connectivity index (χ4v) is 2.89. The maximum Gasteiger partial charge on any atom is 0.354 e.